The summed E-state index contributed by atoms with van der Waals surface area (Å²) in [6, 6.07) is 8.67. The van der Waals surface area contributed by atoms with Crippen LogP contribution in [0.4, 0.5) is 0 Å². The van der Waals surface area contributed by atoms with Crippen LogP contribution in [-0.2, 0) is 25.5 Å². The van der Waals surface area contributed by atoms with E-state index < -0.39 is 24.0 Å². The maximum absolute atomic E-state index is 12.7. The second kappa shape index (κ2) is 12.6. The summed E-state index contributed by atoms with van der Waals surface area (Å²) in [6.45, 7) is 1.34. The third-order valence-electron chi connectivity index (χ3n) is 5.39. The monoisotopic (exact) mass is 406 g/mol. The molecular formula is C22H34N2O5. The summed E-state index contributed by atoms with van der Waals surface area (Å²) >= 11 is 0. The van der Waals surface area contributed by atoms with Gasteiger partial charge in [-0.25, -0.2) is 4.79 Å². The standard InChI is InChI=1S/C22H34N2O5/c1-28-22(27)19(14-16-8-4-2-5-9-16)24-21(26)18-11-10-17(15-20(18)25)29-13-7-3-6-12-23/h2,4-5,8-9,17-20,25H,3,6-7,10-15,23H2,1H3,(H,24,26)/t17?,18?,19-,20?/m0/s1. The predicted octanol–water partition coefficient (Wildman–Crippen LogP) is 1.56. The molecule has 1 aliphatic carbocycles. The van der Waals surface area contributed by atoms with E-state index in [4.69, 9.17) is 15.2 Å². The van der Waals surface area contributed by atoms with Crippen molar-refractivity contribution in [3.05, 3.63) is 35.9 Å². The molecule has 0 radical (unpaired) electrons. The highest BCUT2D eigenvalue weighted by Gasteiger charge is 2.36. The zero-order chi connectivity index (χ0) is 21.1. The summed E-state index contributed by atoms with van der Waals surface area (Å²) in [7, 11) is 1.30. The Morgan fingerprint density at radius 3 is 2.62 bits per heavy atom. The van der Waals surface area contributed by atoms with E-state index in [0.29, 0.717) is 38.8 Å². The largest absolute Gasteiger partial charge is 0.467 e. The lowest BCUT2D eigenvalue weighted by Crippen LogP contribution is -2.49. The summed E-state index contributed by atoms with van der Waals surface area (Å²) in [4.78, 5) is 24.9. The maximum atomic E-state index is 12.7. The molecule has 0 aliphatic heterocycles. The number of nitrogens with one attached hydrogen (secondary N) is 1. The first-order valence-electron chi connectivity index (χ1n) is 10.5. The fourth-order valence-electron chi connectivity index (χ4n) is 3.70. The van der Waals surface area contributed by atoms with Crippen molar-refractivity contribution in [2.24, 2.45) is 11.7 Å². The molecule has 1 aromatic carbocycles. The number of aliphatic hydroxyl groups is 1. The van der Waals surface area contributed by atoms with Gasteiger partial charge in [-0.05, 0) is 44.2 Å². The van der Waals surface area contributed by atoms with Crippen molar-refractivity contribution < 1.29 is 24.2 Å². The smallest absolute Gasteiger partial charge is 0.328 e. The molecule has 162 valence electrons. The van der Waals surface area contributed by atoms with Gasteiger partial charge in [0, 0.05) is 19.4 Å². The van der Waals surface area contributed by atoms with E-state index in [0.717, 1.165) is 24.8 Å². The number of carbonyl (C=O) groups is 2. The highest BCUT2D eigenvalue weighted by molar-refractivity contribution is 5.86. The number of hydrogen-bond acceptors (Lipinski definition) is 6. The van der Waals surface area contributed by atoms with Gasteiger partial charge in [0.2, 0.25) is 5.91 Å². The van der Waals surface area contributed by atoms with Crippen molar-refractivity contribution in [1.82, 2.24) is 5.32 Å². The summed E-state index contributed by atoms with van der Waals surface area (Å²) < 4.78 is 10.7. The highest BCUT2D eigenvalue weighted by Crippen LogP contribution is 2.27. The number of methoxy groups -OCH3 is 1. The molecule has 1 fully saturated rings. The number of nitrogens with two attached hydrogens (primary N) is 1. The van der Waals surface area contributed by atoms with Gasteiger partial charge in [0.1, 0.15) is 6.04 Å². The molecule has 0 spiro atoms. The molecule has 7 nitrogen and oxygen atoms in total. The zero-order valence-electron chi connectivity index (χ0n) is 17.2. The third kappa shape index (κ3) is 7.76. The van der Waals surface area contributed by atoms with Gasteiger partial charge in [-0.1, -0.05) is 30.3 Å². The number of ether oxygens (including phenoxy) is 2. The first kappa shape index (κ1) is 23.3. The van der Waals surface area contributed by atoms with Crippen LogP contribution in [0.15, 0.2) is 30.3 Å². The molecule has 1 saturated carbocycles. The van der Waals surface area contributed by atoms with Gasteiger partial charge >= 0.3 is 5.97 Å². The van der Waals surface area contributed by atoms with Crippen LogP contribution in [0.1, 0.15) is 44.1 Å². The minimum absolute atomic E-state index is 0.0346. The Morgan fingerprint density at radius 2 is 1.97 bits per heavy atom. The van der Waals surface area contributed by atoms with Crippen molar-refractivity contribution in [2.75, 3.05) is 20.3 Å². The topological polar surface area (TPSA) is 111 Å². The van der Waals surface area contributed by atoms with E-state index in [1.165, 1.54) is 7.11 Å². The number of esters is 1. The van der Waals surface area contributed by atoms with Crippen LogP contribution in [0.3, 0.4) is 0 Å². The molecule has 2 rings (SSSR count). The SMILES string of the molecule is COC(=O)[C@H](Cc1ccccc1)NC(=O)C1CCC(OCCCCCN)CC1O. The first-order chi connectivity index (χ1) is 14.0. The number of rotatable bonds is 11. The molecule has 3 unspecified atom stereocenters. The highest BCUT2D eigenvalue weighted by atomic mass is 16.5. The summed E-state index contributed by atoms with van der Waals surface area (Å²) in [5, 5.41) is 13.2. The second-order valence-electron chi connectivity index (χ2n) is 7.60. The molecule has 0 aromatic heterocycles. The van der Waals surface area contributed by atoms with Gasteiger partial charge in [-0.2, -0.15) is 0 Å². The van der Waals surface area contributed by atoms with Crippen LogP contribution in [-0.4, -0.2) is 55.5 Å². The Hall–Kier alpha value is -1.96. The molecule has 29 heavy (non-hydrogen) atoms. The lowest BCUT2D eigenvalue weighted by molar-refractivity contribution is -0.147. The Bertz CT molecular complexity index is 625. The van der Waals surface area contributed by atoms with Crippen molar-refractivity contribution >= 4 is 11.9 Å². The van der Waals surface area contributed by atoms with Gasteiger partial charge in [-0.15, -0.1) is 0 Å². The fraction of sp³-hybridized carbons (Fsp3) is 0.636. The Kier molecular flexibility index (Phi) is 10.1. The molecule has 0 bridgehead atoms. The van der Waals surface area contributed by atoms with Crippen LogP contribution in [0.25, 0.3) is 0 Å². The minimum Gasteiger partial charge on any atom is -0.467 e. The van der Waals surface area contributed by atoms with Gasteiger partial charge in [-0.3, -0.25) is 4.79 Å². The van der Waals surface area contributed by atoms with Gasteiger partial charge in [0.15, 0.2) is 0 Å². The van der Waals surface area contributed by atoms with E-state index >= 15 is 0 Å². The van der Waals surface area contributed by atoms with Gasteiger partial charge < -0.3 is 25.6 Å². The molecule has 4 N–H and O–H groups in total. The average molecular weight is 407 g/mol. The fourth-order valence-corrected chi connectivity index (χ4v) is 3.70. The Morgan fingerprint density at radius 1 is 1.21 bits per heavy atom. The minimum atomic E-state index is -0.784. The van der Waals surface area contributed by atoms with Crippen molar-refractivity contribution in [3.8, 4) is 0 Å². The van der Waals surface area contributed by atoms with E-state index in [1.54, 1.807) is 0 Å². The van der Waals surface area contributed by atoms with Crippen LogP contribution in [0.5, 0.6) is 0 Å². The van der Waals surface area contributed by atoms with Crippen LogP contribution >= 0.6 is 0 Å². The number of aliphatic hydroxyl groups excluding tert-OH is 1. The molecule has 1 aromatic rings. The van der Waals surface area contributed by atoms with Crippen LogP contribution in [0.2, 0.25) is 0 Å². The normalized spacial score (nSPS) is 22.7. The first-order valence-corrected chi connectivity index (χ1v) is 10.5. The van der Waals surface area contributed by atoms with E-state index in [1.807, 2.05) is 30.3 Å². The molecule has 1 aliphatic rings. The van der Waals surface area contributed by atoms with E-state index in [9.17, 15) is 14.7 Å². The Labute approximate surface area is 172 Å². The molecule has 0 heterocycles. The predicted molar refractivity (Wildman–Crippen MR) is 110 cm³/mol. The summed E-state index contributed by atoms with van der Waals surface area (Å²) in [6.07, 6.45) is 4.17. The van der Waals surface area contributed by atoms with E-state index in [2.05, 4.69) is 5.32 Å². The number of benzene rings is 1. The quantitative estimate of drug-likeness (QED) is 0.380. The number of carbonyl (C=O) groups excluding carboxylic acids is 2. The van der Waals surface area contributed by atoms with Crippen molar-refractivity contribution in [3.63, 3.8) is 0 Å². The molecule has 1 amide bonds. The number of unbranched alkanes of at least 4 members (excludes halogenated alkanes) is 2. The maximum Gasteiger partial charge on any atom is 0.328 e. The second-order valence-corrected chi connectivity index (χ2v) is 7.60. The molecule has 4 atom stereocenters. The van der Waals surface area contributed by atoms with Gasteiger partial charge in [0.25, 0.3) is 0 Å². The lowest BCUT2D eigenvalue weighted by atomic mass is 9.84. The molecule has 0 saturated heterocycles. The number of hydrogen-bond donors (Lipinski definition) is 3. The zero-order valence-corrected chi connectivity index (χ0v) is 17.2. The van der Waals surface area contributed by atoms with Crippen LogP contribution < -0.4 is 11.1 Å². The van der Waals surface area contributed by atoms with Crippen molar-refractivity contribution in [2.45, 2.75) is 63.2 Å². The van der Waals surface area contributed by atoms with Gasteiger partial charge in [0.05, 0.1) is 25.2 Å². The lowest BCUT2D eigenvalue weighted by Gasteiger charge is -2.33. The van der Waals surface area contributed by atoms with Crippen LogP contribution in [0, 0.1) is 5.92 Å². The summed E-state index contributed by atoms with van der Waals surface area (Å²) in [5.74, 6) is -1.36. The molecular weight excluding hydrogens is 372 g/mol. The average Bonchev–Trinajstić information content (AvgIpc) is 2.73. The summed E-state index contributed by atoms with van der Waals surface area (Å²) in [5.41, 5.74) is 6.41. The Balaban J connectivity index is 1.84. The van der Waals surface area contributed by atoms with Crippen molar-refractivity contribution in [1.29, 1.82) is 0 Å². The number of amides is 1. The molecule has 7 heteroatoms. The third-order valence-corrected chi connectivity index (χ3v) is 5.39. The van der Waals surface area contributed by atoms with E-state index in [-0.39, 0.29) is 12.0 Å².